The van der Waals surface area contributed by atoms with Crippen molar-refractivity contribution in [3.05, 3.63) is 48.0 Å². The lowest BCUT2D eigenvalue weighted by molar-refractivity contribution is 0.298. The number of hydrogen-bond acceptors (Lipinski definition) is 2. The van der Waals surface area contributed by atoms with E-state index < -0.39 is 0 Å². The summed E-state index contributed by atoms with van der Waals surface area (Å²) in [5.74, 6) is 2.57. The van der Waals surface area contributed by atoms with E-state index in [2.05, 4.69) is 38.1 Å². The number of benzene rings is 1. The van der Waals surface area contributed by atoms with Gasteiger partial charge < -0.3 is 0 Å². The molecule has 3 rings (SSSR count). The van der Waals surface area contributed by atoms with Gasteiger partial charge >= 0.3 is 0 Å². The molecule has 0 aliphatic heterocycles. The van der Waals surface area contributed by atoms with Crippen molar-refractivity contribution in [3.8, 4) is 11.1 Å². The number of aromatic nitrogens is 2. The number of aryl methyl sites for hydroxylation is 1. The van der Waals surface area contributed by atoms with Crippen molar-refractivity contribution in [1.82, 2.24) is 9.97 Å². The summed E-state index contributed by atoms with van der Waals surface area (Å²) in [5, 5.41) is 0. The van der Waals surface area contributed by atoms with E-state index in [-0.39, 0.29) is 0 Å². The summed E-state index contributed by atoms with van der Waals surface area (Å²) in [6.07, 6.45) is 15.7. The molecule has 0 atom stereocenters. The minimum atomic E-state index is 0.568. The van der Waals surface area contributed by atoms with E-state index >= 15 is 0 Å². The lowest BCUT2D eigenvalue weighted by Gasteiger charge is -2.27. The fourth-order valence-corrected chi connectivity index (χ4v) is 4.05. The predicted molar refractivity (Wildman–Crippen MR) is 106 cm³/mol. The Labute approximate surface area is 153 Å². The molecule has 2 nitrogen and oxygen atoms in total. The highest BCUT2D eigenvalue weighted by molar-refractivity contribution is 5.61. The molecule has 1 saturated carbocycles. The van der Waals surface area contributed by atoms with E-state index in [1.807, 2.05) is 12.4 Å². The standard InChI is InChI=1S/C23H32N2/c1-3-5-7-19-10-14-21(15-11-19)23-24-16-22(17-25-23)20-12-8-18(6-4-2)9-13-20/h8-9,12-13,16-17,19,21H,3-7,10-11,14-15H2,1-2H3/t19-,21-. The molecule has 1 aromatic heterocycles. The highest BCUT2D eigenvalue weighted by Crippen LogP contribution is 2.36. The first-order valence-corrected chi connectivity index (χ1v) is 10.2. The van der Waals surface area contributed by atoms with Gasteiger partial charge in [0.15, 0.2) is 0 Å². The van der Waals surface area contributed by atoms with Crippen LogP contribution in [0, 0.1) is 5.92 Å². The third-order valence-electron chi connectivity index (χ3n) is 5.68. The lowest BCUT2D eigenvalue weighted by Crippen LogP contribution is -2.15. The van der Waals surface area contributed by atoms with Crippen molar-refractivity contribution in [3.63, 3.8) is 0 Å². The van der Waals surface area contributed by atoms with E-state index in [4.69, 9.17) is 9.97 Å². The van der Waals surface area contributed by atoms with Gasteiger partial charge in [-0.15, -0.1) is 0 Å². The summed E-state index contributed by atoms with van der Waals surface area (Å²) >= 11 is 0. The second kappa shape index (κ2) is 9.12. The number of unbranched alkanes of at least 4 members (excludes halogenated alkanes) is 1. The van der Waals surface area contributed by atoms with Gasteiger partial charge in [-0.3, -0.25) is 0 Å². The zero-order valence-electron chi connectivity index (χ0n) is 15.9. The Balaban J connectivity index is 1.59. The molecule has 2 heteroatoms. The zero-order chi connectivity index (χ0) is 17.5. The molecule has 0 N–H and O–H groups in total. The quantitative estimate of drug-likeness (QED) is 0.572. The minimum Gasteiger partial charge on any atom is -0.240 e. The molecule has 0 amide bonds. The average Bonchev–Trinajstić information content (AvgIpc) is 2.68. The predicted octanol–water partition coefficient (Wildman–Crippen LogP) is 6.56. The van der Waals surface area contributed by atoms with Gasteiger partial charge in [-0.05, 0) is 49.1 Å². The number of rotatable bonds is 7. The van der Waals surface area contributed by atoms with E-state index in [0.29, 0.717) is 5.92 Å². The van der Waals surface area contributed by atoms with Gasteiger partial charge in [-0.2, -0.15) is 0 Å². The molecule has 2 aromatic rings. The molecule has 0 unspecified atom stereocenters. The summed E-state index contributed by atoms with van der Waals surface area (Å²) in [5.41, 5.74) is 3.75. The van der Waals surface area contributed by atoms with Crippen LogP contribution in [0.4, 0.5) is 0 Å². The van der Waals surface area contributed by atoms with Crippen molar-refractivity contribution in [2.75, 3.05) is 0 Å². The molecule has 0 radical (unpaired) electrons. The van der Waals surface area contributed by atoms with Gasteiger partial charge in [0.05, 0.1) is 0 Å². The molecule has 1 fully saturated rings. The molecule has 25 heavy (non-hydrogen) atoms. The normalized spacial score (nSPS) is 20.6. The van der Waals surface area contributed by atoms with E-state index in [1.54, 1.807) is 0 Å². The Morgan fingerprint density at radius 2 is 1.52 bits per heavy atom. The van der Waals surface area contributed by atoms with Crippen molar-refractivity contribution < 1.29 is 0 Å². The van der Waals surface area contributed by atoms with Crippen LogP contribution >= 0.6 is 0 Å². The highest BCUT2D eigenvalue weighted by Gasteiger charge is 2.23. The van der Waals surface area contributed by atoms with Gasteiger partial charge in [-0.25, -0.2) is 9.97 Å². The third-order valence-corrected chi connectivity index (χ3v) is 5.68. The molecular formula is C23H32N2. The average molecular weight is 337 g/mol. The van der Waals surface area contributed by atoms with Gasteiger partial charge in [-0.1, -0.05) is 63.8 Å². The van der Waals surface area contributed by atoms with Gasteiger partial charge in [0, 0.05) is 23.9 Å². The first kappa shape index (κ1) is 18.1. The van der Waals surface area contributed by atoms with Crippen molar-refractivity contribution in [1.29, 1.82) is 0 Å². The van der Waals surface area contributed by atoms with Gasteiger partial charge in [0.2, 0.25) is 0 Å². The van der Waals surface area contributed by atoms with E-state index in [1.165, 1.54) is 62.5 Å². The first-order chi connectivity index (χ1) is 12.3. The largest absolute Gasteiger partial charge is 0.240 e. The summed E-state index contributed by atoms with van der Waals surface area (Å²) in [4.78, 5) is 9.43. The van der Waals surface area contributed by atoms with Gasteiger partial charge in [0.25, 0.3) is 0 Å². The van der Waals surface area contributed by atoms with E-state index in [9.17, 15) is 0 Å². The van der Waals surface area contributed by atoms with Crippen molar-refractivity contribution in [2.45, 2.75) is 77.6 Å². The van der Waals surface area contributed by atoms with Crippen LogP contribution in [-0.4, -0.2) is 9.97 Å². The maximum Gasteiger partial charge on any atom is 0.131 e. The zero-order valence-corrected chi connectivity index (χ0v) is 15.9. The van der Waals surface area contributed by atoms with Crippen LogP contribution in [-0.2, 0) is 6.42 Å². The molecule has 1 aliphatic carbocycles. The molecule has 1 aromatic carbocycles. The van der Waals surface area contributed by atoms with Crippen LogP contribution in [0.1, 0.15) is 82.5 Å². The third kappa shape index (κ3) is 4.90. The minimum absolute atomic E-state index is 0.568. The Hall–Kier alpha value is -1.70. The summed E-state index contributed by atoms with van der Waals surface area (Å²) in [7, 11) is 0. The van der Waals surface area contributed by atoms with Crippen LogP contribution < -0.4 is 0 Å². The fraction of sp³-hybridized carbons (Fsp3) is 0.565. The molecular weight excluding hydrogens is 304 g/mol. The van der Waals surface area contributed by atoms with Crippen LogP contribution in [0.5, 0.6) is 0 Å². The Kier molecular flexibility index (Phi) is 6.61. The second-order valence-electron chi connectivity index (χ2n) is 7.64. The maximum atomic E-state index is 4.71. The summed E-state index contributed by atoms with van der Waals surface area (Å²) in [6, 6.07) is 8.85. The SMILES string of the molecule is CCCC[C@H]1CC[C@H](c2ncc(-c3ccc(CCC)cc3)cn2)CC1. The Bertz CT molecular complexity index is 622. The number of nitrogens with zero attached hydrogens (tertiary/aromatic N) is 2. The number of hydrogen-bond donors (Lipinski definition) is 0. The molecule has 0 bridgehead atoms. The van der Waals surface area contributed by atoms with E-state index in [0.717, 1.165) is 23.7 Å². The topological polar surface area (TPSA) is 25.8 Å². The molecule has 1 aliphatic rings. The Morgan fingerprint density at radius 1 is 0.840 bits per heavy atom. The maximum absolute atomic E-state index is 4.71. The summed E-state index contributed by atoms with van der Waals surface area (Å²) in [6.45, 7) is 4.51. The van der Waals surface area contributed by atoms with Crippen molar-refractivity contribution >= 4 is 0 Å². The second-order valence-corrected chi connectivity index (χ2v) is 7.64. The Morgan fingerprint density at radius 3 is 2.12 bits per heavy atom. The molecule has 134 valence electrons. The van der Waals surface area contributed by atoms with Crippen LogP contribution in [0.25, 0.3) is 11.1 Å². The van der Waals surface area contributed by atoms with Crippen LogP contribution in [0.2, 0.25) is 0 Å². The van der Waals surface area contributed by atoms with Crippen LogP contribution in [0.3, 0.4) is 0 Å². The molecule has 0 saturated heterocycles. The first-order valence-electron chi connectivity index (χ1n) is 10.2. The van der Waals surface area contributed by atoms with Gasteiger partial charge in [0.1, 0.15) is 5.82 Å². The summed E-state index contributed by atoms with van der Waals surface area (Å²) < 4.78 is 0. The molecule has 0 spiro atoms. The van der Waals surface area contributed by atoms with Crippen LogP contribution in [0.15, 0.2) is 36.7 Å². The lowest BCUT2D eigenvalue weighted by atomic mass is 9.79. The smallest absolute Gasteiger partial charge is 0.131 e. The fourth-order valence-electron chi connectivity index (χ4n) is 4.05. The highest BCUT2D eigenvalue weighted by atomic mass is 14.9. The van der Waals surface area contributed by atoms with Crippen molar-refractivity contribution in [2.24, 2.45) is 5.92 Å². The molecule has 1 heterocycles. The monoisotopic (exact) mass is 336 g/mol.